The fourth-order valence-corrected chi connectivity index (χ4v) is 9.70. The summed E-state index contributed by atoms with van der Waals surface area (Å²) in [5.41, 5.74) is 1.13. The summed E-state index contributed by atoms with van der Waals surface area (Å²) in [5, 5.41) is 3.25. The van der Waals surface area contributed by atoms with Gasteiger partial charge in [0.25, 0.3) is 0 Å². The van der Waals surface area contributed by atoms with Crippen LogP contribution >= 0.6 is 0 Å². The molecule has 2 heteroatoms. The molecule has 0 radical (unpaired) electrons. The molecule has 0 spiro atoms. The fraction of sp³-hybridized carbons (Fsp3) is 0.966. The molecular formula is C29H51NO. The summed E-state index contributed by atoms with van der Waals surface area (Å²) >= 11 is 0. The molecule has 178 valence electrons. The lowest BCUT2D eigenvalue weighted by molar-refractivity contribution is -0.126. The van der Waals surface area contributed by atoms with Crippen molar-refractivity contribution in [2.75, 3.05) is 0 Å². The maximum Gasteiger partial charge on any atom is 0.217 e. The van der Waals surface area contributed by atoms with E-state index in [0.29, 0.717) is 16.9 Å². The van der Waals surface area contributed by atoms with E-state index in [1.54, 1.807) is 6.92 Å². The van der Waals surface area contributed by atoms with E-state index < -0.39 is 0 Å². The fourth-order valence-electron chi connectivity index (χ4n) is 9.70. The molecule has 0 saturated heterocycles. The molecule has 1 amide bonds. The molecule has 0 aromatic heterocycles. The summed E-state index contributed by atoms with van der Waals surface area (Å²) in [5.74, 6) is 6.62. The number of fused-ring (bicyclic) bond motifs is 5. The van der Waals surface area contributed by atoms with Crippen LogP contribution < -0.4 is 5.32 Å². The normalized spacial score (nSPS) is 45.5. The van der Waals surface area contributed by atoms with Gasteiger partial charge in [0.15, 0.2) is 0 Å². The van der Waals surface area contributed by atoms with Gasteiger partial charge in [-0.1, -0.05) is 53.9 Å². The van der Waals surface area contributed by atoms with Gasteiger partial charge in [0.1, 0.15) is 0 Å². The number of hydrogen-bond donors (Lipinski definition) is 1. The maximum absolute atomic E-state index is 11.6. The van der Waals surface area contributed by atoms with Crippen molar-refractivity contribution in [2.24, 2.45) is 52.3 Å². The van der Waals surface area contributed by atoms with Crippen molar-refractivity contribution in [3.05, 3.63) is 0 Å². The molecular weight excluding hydrogens is 378 g/mol. The number of hydrogen-bond acceptors (Lipinski definition) is 1. The largest absolute Gasteiger partial charge is 0.354 e. The molecule has 0 unspecified atom stereocenters. The summed E-state index contributed by atoms with van der Waals surface area (Å²) in [4.78, 5) is 11.6. The topological polar surface area (TPSA) is 29.1 Å². The number of rotatable bonds is 6. The average molecular weight is 430 g/mol. The molecule has 2 nitrogen and oxygen atoms in total. The summed E-state index contributed by atoms with van der Waals surface area (Å²) in [6, 6.07) is 0.434. The van der Waals surface area contributed by atoms with Crippen LogP contribution in [-0.4, -0.2) is 11.9 Å². The van der Waals surface area contributed by atoms with Crippen molar-refractivity contribution in [3.63, 3.8) is 0 Å². The minimum absolute atomic E-state index is 0.162. The van der Waals surface area contributed by atoms with Crippen LogP contribution in [0.3, 0.4) is 0 Å². The zero-order valence-corrected chi connectivity index (χ0v) is 21.5. The van der Waals surface area contributed by atoms with Gasteiger partial charge >= 0.3 is 0 Å². The van der Waals surface area contributed by atoms with Crippen molar-refractivity contribution in [2.45, 2.75) is 125 Å². The van der Waals surface area contributed by atoms with E-state index >= 15 is 0 Å². The Hall–Kier alpha value is -0.530. The van der Waals surface area contributed by atoms with Crippen molar-refractivity contribution >= 4 is 5.91 Å². The second-order valence-electron chi connectivity index (χ2n) is 13.4. The predicted molar refractivity (Wildman–Crippen MR) is 131 cm³/mol. The third kappa shape index (κ3) is 4.35. The summed E-state index contributed by atoms with van der Waals surface area (Å²) in [6.07, 6.45) is 16.9. The zero-order chi connectivity index (χ0) is 22.4. The Labute approximate surface area is 193 Å². The first-order chi connectivity index (χ1) is 14.6. The Morgan fingerprint density at radius 2 is 1.61 bits per heavy atom. The number of nitrogens with one attached hydrogen (secondary N) is 1. The van der Waals surface area contributed by atoms with E-state index in [1.165, 1.54) is 77.0 Å². The van der Waals surface area contributed by atoms with Gasteiger partial charge in [-0.2, -0.15) is 0 Å². The average Bonchev–Trinajstić information content (AvgIpc) is 3.05. The Bertz CT molecular complexity index is 643. The van der Waals surface area contributed by atoms with Crippen LogP contribution in [0, 0.1) is 52.3 Å². The summed E-state index contributed by atoms with van der Waals surface area (Å²) in [6.45, 7) is 14.4. The smallest absolute Gasteiger partial charge is 0.217 e. The van der Waals surface area contributed by atoms with Crippen molar-refractivity contribution in [1.29, 1.82) is 0 Å². The first-order valence-electron chi connectivity index (χ1n) is 13.9. The number of carbonyl (C=O) groups excluding carboxylic acids is 1. The third-order valence-electron chi connectivity index (χ3n) is 11.3. The molecule has 1 N–H and O–H groups in total. The van der Waals surface area contributed by atoms with Crippen molar-refractivity contribution in [3.8, 4) is 0 Å². The Balaban J connectivity index is 1.43. The van der Waals surface area contributed by atoms with Crippen LogP contribution in [0.2, 0.25) is 0 Å². The highest BCUT2D eigenvalue weighted by Gasteiger charge is 2.60. The molecule has 4 fully saturated rings. The monoisotopic (exact) mass is 429 g/mol. The minimum Gasteiger partial charge on any atom is -0.354 e. The van der Waals surface area contributed by atoms with Crippen LogP contribution in [0.25, 0.3) is 0 Å². The van der Waals surface area contributed by atoms with Crippen LogP contribution in [0.15, 0.2) is 0 Å². The lowest BCUT2D eigenvalue weighted by atomic mass is 9.44. The van der Waals surface area contributed by atoms with Gasteiger partial charge in [-0.3, -0.25) is 4.79 Å². The Kier molecular flexibility index (Phi) is 6.87. The molecule has 0 bridgehead atoms. The van der Waals surface area contributed by atoms with E-state index in [1.807, 2.05) is 0 Å². The Morgan fingerprint density at radius 1 is 0.903 bits per heavy atom. The van der Waals surface area contributed by atoms with Gasteiger partial charge in [-0.05, 0) is 110 Å². The Morgan fingerprint density at radius 3 is 2.32 bits per heavy atom. The molecule has 4 aliphatic rings. The minimum atomic E-state index is 0.162. The van der Waals surface area contributed by atoms with E-state index in [4.69, 9.17) is 0 Å². The molecule has 9 atom stereocenters. The van der Waals surface area contributed by atoms with Crippen molar-refractivity contribution < 1.29 is 4.79 Å². The lowest BCUT2D eigenvalue weighted by Gasteiger charge is -2.61. The van der Waals surface area contributed by atoms with Gasteiger partial charge < -0.3 is 5.32 Å². The quantitative estimate of drug-likeness (QED) is 0.462. The van der Waals surface area contributed by atoms with Crippen LogP contribution in [0.1, 0.15) is 119 Å². The van der Waals surface area contributed by atoms with Crippen LogP contribution in [0.4, 0.5) is 0 Å². The third-order valence-corrected chi connectivity index (χ3v) is 11.3. The second kappa shape index (κ2) is 9.02. The van der Waals surface area contributed by atoms with Gasteiger partial charge in [-0.25, -0.2) is 0 Å². The molecule has 4 rings (SSSR count). The molecule has 0 heterocycles. The summed E-state index contributed by atoms with van der Waals surface area (Å²) < 4.78 is 0. The number of carbonyl (C=O) groups is 1. The van der Waals surface area contributed by atoms with E-state index in [0.717, 1.165) is 41.4 Å². The van der Waals surface area contributed by atoms with E-state index in [9.17, 15) is 4.79 Å². The molecule has 31 heavy (non-hydrogen) atoms. The first kappa shape index (κ1) is 23.6. The SMILES string of the molecule is CC(=O)N[C@H]1CC[C@@]2(C)[C@@H](CC[C@H]3[C@H]2CC[C@@]2(C)[C@H]3CC[C@H]2[C@H](C)CCCC(C)C)C1. The van der Waals surface area contributed by atoms with Gasteiger partial charge in [0.05, 0.1) is 0 Å². The summed E-state index contributed by atoms with van der Waals surface area (Å²) in [7, 11) is 0. The zero-order valence-electron chi connectivity index (χ0n) is 21.5. The molecule has 4 aliphatic carbocycles. The molecule has 4 saturated carbocycles. The highest BCUT2D eigenvalue weighted by atomic mass is 16.1. The molecule has 0 aromatic rings. The number of amides is 1. The first-order valence-corrected chi connectivity index (χ1v) is 13.9. The van der Waals surface area contributed by atoms with E-state index in [2.05, 4.69) is 39.9 Å². The highest BCUT2D eigenvalue weighted by Crippen LogP contribution is 2.68. The standard InChI is InChI=1S/C29H51NO/c1-19(2)8-7-9-20(3)25-12-13-26-24-11-10-22-18-23(30-21(4)31)14-16-28(22,5)27(24)15-17-29(25,26)6/h19-20,22-27H,7-18H2,1-6H3,(H,30,31)/t20-,22+,23+,24-,25+,26+,27-,28+,29-/m1/s1. The lowest BCUT2D eigenvalue weighted by Crippen LogP contribution is -2.55. The molecule has 0 aromatic carbocycles. The highest BCUT2D eigenvalue weighted by molar-refractivity contribution is 5.73. The van der Waals surface area contributed by atoms with E-state index in [-0.39, 0.29) is 5.91 Å². The second-order valence-corrected chi connectivity index (χ2v) is 13.4. The van der Waals surface area contributed by atoms with Gasteiger partial charge in [0, 0.05) is 13.0 Å². The van der Waals surface area contributed by atoms with Crippen LogP contribution in [0.5, 0.6) is 0 Å². The van der Waals surface area contributed by atoms with Gasteiger partial charge in [-0.15, -0.1) is 0 Å². The maximum atomic E-state index is 11.6. The van der Waals surface area contributed by atoms with Crippen molar-refractivity contribution in [1.82, 2.24) is 5.32 Å². The predicted octanol–water partition coefficient (Wildman–Crippen LogP) is 7.61. The van der Waals surface area contributed by atoms with Crippen LogP contribution in [-0.2, 0) is 4.79 Å². The molecule has 0 aliphatic heterocycles. The van der Waals surface area contributed by atoms with Gasteiger partial charge in [0.2, 0.25) is 5.91 Å².